The summed E-state index contributed by atoms with van der Waals surface area (Å²) in [6.45, 7) is 5.21. The van der Waals surface area contributed by atoms with Crippen LogP contribution in [-0.4, -0.2) is 53.5 Å². The van der Waals surface area contributed by atoms with E-state index in [4.69, 9.17) is 11.0 Å². The number of halogens is 2. The second kappa shape index (κ2) is 11.5. The molecule has 0 saturated carbocycles. The molecule has 0 atom stereocenters. The predicted octanol–water partition coefficient (Wildman–Crippen LogP) is 4.61. The molecule has 0 unspecified atom stereocenters. The van der Waals surface area contributed by atoms with Crippen molar-refractivity contribution in [1.82, 2.24) is 14.9 Å². The zero-order chi connectivity index (χ0) is 22.8. The number of piperazine rings is 1. The molecule has 1 saturated heterocycles. The van der Waals surface area contributed by atoms with E-state index in [1.165, 1.54) is 16.6 Å². The summed E-state index contributed by atoms with van der Waals surface area (Å²) in [6, 6.07) is 16.2. The lowest BCUT2D eigenvalue weighted by atomic mass is 10.1. The molecule has 1 fully saturated rings. The van der Waals surface area contributed by atoms with Crippen LogP contribution in [0.2, 0.25) is 0 Å². The maximum Gasteiger partial charge on any atom is 0.265 e. The summed E-state index contributed by atoms with van der Waals surface area (Å²) in [5.74, 6) is -0.432. The van der Waals surface area contributed by atoms with Gasteiger partial charge in [-0.05, 0) is 73.8 Å². The van der Waals surface area contributed by atoms with Crippen molar-refractivity contribution in [2.75, 3.05) is 37.6 Å². The van der Waals surface area contributed by atoms with E-state index >= 15 is 0 Å². The van der Waals surface area contributed by atoms with Crippen molar-refractivity contribution in [2.24, 2.45) is 5.73 Å². The number of nitrogens with zero attached hydrogens (tertiary/aromatic N) is 3. The van der Waals surface area contributed by atoms with E-state index in [-0.39, 0.29) is 24.8 Å². The minimum atomic E-state index is -0.432. The van der Waals surface area contributed by atoms with Crippen LogP contribution in [0.15, 0.2) is 48.7 Å². The molecule has 3 heterocycles. The molecule has 1 aliphatic heterocycles. The molecule has 1 aliphatic rings. The topological polar surface area (TPSA) is 105 Å². The zero-order valence-electron chi connectivity index (χ0n) is 19.4. The highest BCUT2D eigenvalue weighted by Gasteiger charge is 2.18. The second-order valence-electron chi connectivity index (χ2n) is 8.79. The SMILES string of the molecule is Cl.Cl.N#Cc1ccc2[nH]cc(CCCCN3CCN(c4ccc5[nH]c(C(N)=O)cc5c4)CC3)c2c1. The zero-order valence-corrected chi connectivity index (χ0v) is 21.1. The number of aryl methyl sites for hydroxylation is 1. The number of H-pyrrole nitrogens is 2. The first-order chi connectivity index (χ1) is 16.1. The van der Waals surface area contributed by atoms with Crippen LogP contribution >= 0.6 is 24.8 Å². The van der Waals surface area contributed by atoms with Crippen LogP contribution in [0.4, 0.5) is 5.69 Å². The van der Waals surface area contributed by atoms with E-state index in [1.54, 1.807) is 0 Å². The molecule has 0 aliphatic carbocycles. The molecule has 4 N–H and O–H groups in total. The van der Waals surface area contributed by atoms with Crippen molar-refractivity contribution in [3.05, 3.63) is 65.5 Å². The lowest BCUT2D eigenvalue weighted by Gasteiger charge is -2.36. The normalized spacial score (nSPS) is 13.9. The van der Waals surface area contributed by atoms with Crippen LogP contribution in [-0.2, 0) is 6.42 Å². The number of aromatic nitrogens is 2. The molecular weight excluding hydrogens is 483 g/mol. The molecule has 35 heavy (non-hydrogen) atoms. The van der Waals surface area contributed by atoms with Gasteiger partial charge in [-0.15, -0.1) is 24.8 Å². The number of unbranched alkanes of at least 4 members (excludes halogenated alkanes) is 1. The number of nitriles is 1. The summed E-state index contributed by atoms with van der Waals surface area (Å²) in [7, 11) is 0. The fraction of sp³-hybridized carbons (Fsp3) is 0.308. The molecule has 7 nitrogen and oxygen atoms in total. The second-order valence-corrected chi connectivity index (χ2v) is 8.79. The van der Waals surface area contributed by atoms with E-state index in [2.05, 4.69) is 44.2 Å². The monoisotopic (exact) mass is 512 g/mol. The Hall–Kier alpha value is -3.18. The van der Waals surface area contributed by atoms with Crippen molar-refractivity contribution in [3.8, 4) is 6.07 Å². The average Bonchev–Trinajstić information content (AvgIpc) is 3.45. The van der Waals surface area contributed by atoms with Gasteiger partial charge in [-0.3, -0.25) is 9.69 Å². The van der Waals surface area contributed by atoms with E-state index in [9.17, 15) is 4.79 Å². The molecule has 5 rings (SSSR count). The number of amides is 1. The van der Waals surface area contributed by atoms with Gasteiger partial charge < -0.3 is 20.6 Å². The van der Waals surface area contributed by atoms with Gasteiger partial charge in [-0.25, -0.2) is 0 Å². The summed E-state index contributed by atoms with van der Waals surface area (Å²) < 4.78 is 0. The summed E-state index contributed by atoms with van der Waals surface area (Å²) in [6.07, 6.45) is 5.41. The number of nitrogens with one attached hydrogen (secondary N) is 2. The van der Waals surface area contributed by atoms with Gasteiger partial charge in [0.05, 0.1) is 11.6 Å². The molecule has 184 valence electrons. The molecule has 2 aromatic heterocycles. The number of aromatic amines is 2. The third kappa shape index (κ3) is 5.73. The predicted molar refractivity (Wildman–Crippen MR) is 146 cm³/mol. The van der Waals surface area contributed by atoms with E-state index in [0.29, 0.717) is 11.3 Å². The molecule has 9 heteroatoms. The average molecular weight is 513 g/mol. The summed E-state index contributed by atoms with van der Waals surface area (Å²) in [5.41, 5.74) is 11.1. The quantitative estimate of drug-likeness (QED) is 0.314. The highest BCUT2D eigenvalue weighted by atomic mass is 35.5. The molecule has 2 aromatic carbocycles. The molecule has 4 aromatic rings. The number of primary amides is 1. The first kappa shape index (κ1) is 26.4. The Morgan fingerprint density at radius 2 is 1.77 bits per heavy atom. The van der Waals surface area contributed by atoms with Crippen molar-refractivity contribution < 1.29 is 4.79 Å². The number of carbonyl (C=O) groups excluding carboxylic acids is 1. The maximum atomic E-state index is 11.4. The number of carbonyl (C=O) groups is 1. The Balaban J connectivity index is 0.00000171. The van der Waals surface area contributed by atoms with Crippen LogP contribution in [0.1, 0.15) is 34.5 Å². The van der Waals surface area contributed by atoms with Crippen molar-refractivity contribution in [3.63, 3.8) is 0 Å². The molecule has 0 radical (unpaired) electrons. The number of hydrogen-bond acceptors (Lipinski definition) is 4. The van der Waals surface area contributed by atoms with E-state index in [1.807, 2.05) is 30.3 Å². The molecule has 0 bridgehead atoms. The lowest BCUT2D eigenvalue weighted by Crippen LogP contribution is -2.46. The smallest absolute Gasteiger partial charge is 0.265 e. The van der Waals surface area contributed by atoms with Gasteiger partial charge in [0.25, 0.3) is 5.91 Å². The van der Waals surface area contributed by atoms with Gasteiger partial charge in [-0.1, -0.05) is 0 Å². The van der Waals surface area contributed by atoms with E-state index < -0.39 is 5.91 Å². The van der Waals surface area contributed by atoms with Crippen LogP contribution in [0.25, 0.3) is 21.8 Å². The van der Waals surface area contributed by atoms with Crippen LogP contribution in [0.3, 0.4) is 0 Å². The van der Waals surface area contributed by atoms with Gasteiger partial charge in [0.2, 0.25) is 0 Å². The highest BCUT2D eigenvalue weighted by molar-refractivity contribution is 5.97. The molecular formula is C26H30Cl2N6O. The van der Waals surface area contributed by atoms with E-state index in [0.717, 1.165) is 68.4 Å². The molecule has 1 amide bonds. The first-order valence-corrected chi connectivity index (χ1v) is 11.5. The minimum absolute atomic E-state index is 0. The van der Waals surface area contributed by atoms with Crippen LogP contribution in [0, 0.1) is 11.3 Å². The summed E-state index contributed by atoms with van der Waals surface area (Å²) in [4.78, 5) is 22.8. The Bertz CT molecular complexity index is 1350. The van der Waals surface area contributed by atoms with Crippen molar-refractivity contribution in [2.45, 2.75) is 19.3 Å². The van der Waals surface area contributed by atoms with Crippen molar-refractivity contribution in [1.29, 1.82) is 5.26 Å². The van der Waals surface area contributed by atoms with Crippen LogP contribution in [0.5, 0.6) is 0 Å². The largest absolute Gasteiger partial charge is 0.369 e. The number of rotatable bonds is 7. The Morgan fingerprint density at radius 3 is 2.51 bits per heavy atom. The Morgan fingerprint density at radius 1 is 1.00 bits per heavy atom. The minimum Gasteiger partial charge on any atom is -0.369 e. The number of anilines is 1. The lowest BCUT2D eigenvalue weighted by molar-refractivity contribution is 0.0996. The Labute approximate surface area is 217 Å². The van der Waals surface area contributed by atoms with Crippen molar-refractivity contribution >= 4 is 58.2 Å². The summed E-state index contributed by atoms with van der Waals surface area (Å²) >= 11 is 0. The fourth-order valence-corrected chi connectivity index (χ4v) is 4.78. The third-order valence-corrected chi connectivity index (χ3v) is 6.67. The number of benzene rings is 2. The Kier molecular flexibility index (Phi) is 8.68. The van der Waals surface area contributed by atoms with Gasteiger partial charge in [-0.2, -0.15) is 5.26 Å². The van der Waals surface area contributed by atoms with Crippen LogP contribution < -0.4 is 10.6 Å². The number of hydrogen-bond donors (Lipinski definition) is 3. The van der Waals surface area contributed by atoms with Gasteiger partial charge >= 0.3 is 0 Å². The third-order valence-electron chi connectivity index (χ3n) is 6.67. The summed E-state index contributed by atoms with van der Waals surface area (Å²) in [5, 5.41) is 11.3. The maximum absolute atomic E-state index is 11.4. The molecule has 0 spiro atoms. The first-order valence-electron chi connectivity index (χ1n) is 11.5. The van der Waals surface area contributed by atoms with Gasteiger partial charge in [0.15, 0.2) is 0 Å². The fourth-order valence-electron chi connectivity index (χ4n) is 4.78. The van der Waals surface area contributed by atoms with Gasteiger partial charge in [0, 0.05) is 59.9 Å². The number of nitrogens with two attached hydrogens (primary N) is 1. The van der Waals surface area contributed by atoms with Gasteiger partial charge in [0.1, 0.15) is 5.69 Å². The highest BCUT2D eigenvalue weighted by Crippen LogP contribution is 2.24. The standard InChI is InChI=1S/C26H28N6O.2ClH/c27-16-18-4-6-24-22(13-18)19(17-29-24)3-1-2-8-31-9-11-32(12-10-31)21-5-7-23-20(14-21)15-25(30-23)26(28)33;;/h4-7,13-15,17,29-30H,1-3,8-12H2,(H2,28,33);2*1H. The number of fused-ring (bicyclic) bond motifs is 2.